The van der Waals surface area contributed by atoms with Crippen molar-refractivity contribution in [2.75, 3.05) is 0 Å². The van der Waals surface area contributed by atoms with Crippen molar-refractivity contribution in [2.24, 2.45) is 5.92 Å². The maximum absolute atomic E-state index is 10.2. The van der Waals surface area contributed by atoms with Gasteiger partial charge < -0.3 is 0 Å². The summed E-state index contributed by atoms with van der Waals surface area (Å²) < 4.78 is 3.26. The molecule has 2 nitrogen and oxygen atoms in total. The molecule has 1 atom stereocenters. The Labute approximate surface area is 58.7 Å². The van der Waals surface area contributed by atoms with Crippen molar-refractivity contribution in [1.82, 2.24) is 0 Å². The quantitative estimate of drug-likeness (QED) is 0.667. The van der Waals surface area contributed by atoms with Crippen LogP contribution in [0.25, 0.3) is 0 Å². The van der Waals surface area contributed by atoms with Gasteiger partial charge >= 0.3 is 58.6 Å². The Bertz CT molecular complexity index is 122. The molecule has 1 aliphatic rings. The number of hydrogen-bond acceptors (Lipinski definition) is 1. The number of carboxylic acid groups (broad SMARTS) is 1. The van der Waals surface area contributed by atoms with Gasteiger partial charge in [-0.15, -0.1) is 0 Å². The van der Waals surface area contributed by atoms with Crippen LogP contribution in [0.5, 0.6) is 0 Å². The third-order valence-electron chi connectivity index (χ3n) is 1.36. The van der Waals surface area contributed by atoms with E-state index in [0.717, 1.165) is 10.6 Å². The number of carbonyl (C=O) groups is 1. The Morgan fingerprint density at radius 3 is 2.88 bits per heavy atom. The van der Waals surface area contributed by atoms with E-state index in [1.165, 1.54) is 0 Å². The van der Waals surface area contributed by atoms with Crippen LogP contribution in [-0.2, 0) is 4.79 Å². The minimum absolute atomic E-state index is 0.0104. The van der Waals surface area contributed by atoms with Crippen LogP contribution in [0.3, 0.4) is 0 Å². The second-order valence-electron chi connectivity index (χ2n) is 1.98. The summed E-state index contributed by atoms with van der Waals surface area (Å²) in [7, 11) is 0. The maximum atomic E-state index is 10.2. The molecule has 0 radical (unpaired) electrons. The van der Waals surface area contributed by atoms with Crippen molar-refractivity contribution in [2.45, 2.75) is 10.6 Å². The molecule has 0 aromatic heterocycles. The van der Waals surface area contributed by atoms with Crippen LogP contribution in [-0.4, -0.2) is 37.3 Å². The van der Waals surface area contributed by atoms with Crippen molar-refractivity contribution in [3.05, 3.63) is 0 Å². The van der Waals surface area contributed by atoms with Gasteiger partial charge in [0.2, 0.25) is 0 Å². The van der Waals surface area contributed by atoms with E-state index in [1.807, 2.05) is 0 Å². The van der Waals surface area contributed by atoms with Gasteiger partial charge in [0.25, 0.3) is 0 Å². The van der Waals surface area contributed by atoms with Gasteiger partial charge in [-0.3, -0.25) is 0 Å². The predicted octanol–water partition coefficient (Wildman–Crippen LogP) is 0.0156. The summed E-state index contributed by atoms with van der Waals surface area (Å²) in [6.07, 6.45) is 0.858. The summed E-state index contributed by atoms with van der Waals surface area (Å²) in [5.41, 5.74) is 0. The normalized spacial score (nSPS) is 25.2. The minimum atomic E-state index is -0.593. The number of carboxylic acids is 1. The summed E-state index contributed by atoms with van der Waals surface area (Å²) in [6.45, 7) is 0. The van der Waals surface area contributed by atoms with Gasteiger partial charge in [0.15, 0.2) is 0 Å². The molecule has 0 aromatic rings. The number of aliphatic carboxylic acids is 1. The molecule has 42 valence electrons. The van der Waals surface area contributed by atoms with Gasteiger partial charge in [0, 0.05) is 0 Å². The monoisotopic (exact) mass is 214 g/mol. The molecule has 0 aromatic carbocycles. The fourth-order valence-electron chi connectivity index (χ4n) is 0.819. The van der Waals surface area contributed by atoms with Crippen LogP contribution in [0.1, 0.15) is 6.42 Å². The molecule has 0 spiro atoms. The molecule has 1 heterocycles. The Balaban J connectivity index is 2.41. The molecule has 1 rings (SSSR count). The molecule has 0 saturated carbocycles. The Hall–Kier alpha value is 0.210. The van der Waals surface area contributed by atoms with E-state index < -0.39 is 28.4 Å². The number of rotatable bonds is 1. The van der Waals surface area contributed by atoms with Crippen molar-refractivity contribution < 1.29 is 9.90 Å². The van der Waals surface area contributed by atoms with Crippen LogP contribution in [0.15, 0.2) is 0 Å². The van der Waals surface area contributed by atoms with E-state index in [2.05, 4.69) is 3.76 Å². The number of hydrogen-bond donors (Lipinski definition) is 1. The van der Waals surface area contributed by atoms with E-state index in [-0.39, 0.29) is 5.92 Å². The molecule has 8 heavy (non-hydrogen) atoms. The molecule has 0 aliphatic carbocycles. The van der Waals surface area contributed by atoms with E-state index in [9.17, 15) is 4.79 Å². The average Bonchev–Trinajstić information content (AvgIpc) is 2.12. The molecule has 3 heteroatoms. The van der Waals surface area contributed by atoms with Crippen molar-refractivity contribution in [1.29, 1.82) is 0 Å². The fraction of sp³-hybridized carbons (Fsp3) is 0.600. The Morgan fingerprint density at radius 1 is 1.88 bits per heavy atom. The second-order valence-corrected chi connectivity index (χ2v) is 6.01. The Morgan fingerprint density at radius 2 is 2.62 bits per heavy atom. The van der Waals surface area contributed by atoms with Gasteiger partial charge in [0.1, 0.15) is 0 Å². The second kappa shape index (κ2) is 2.67. The van der Waals surface area contributed by atoms with Crippen molar-refractivity contribution >= 4 is 32.2 Å². The summed E-state index contributed by atoms with van der Waals surface area (Å²) in [6, 6.07) is 0. The van der Waals surface area contributed by atoms with Crippen LogP contribution >= 0.6 is 0 Å². The summed E-state index contributed by atoms with van der Waals surface area (Å²) in [5.74, 6) is -0.582. The van der Waals surface area contributed by atoms with E-state index >= 15 is 0 Å². The van der Waals surface area contributed by atoms with Gasteiger partial charge in [-0.2, -0.15) is 0 Å². The molecule has 1 N–H and O–H groups in total. The molecular formula is C5H7InO2. The molecule has 0 amide bonds. The van der Waals surface area contributed by atoms with Gasteiger partial charge in [-0.1, -0.05) is 0 Å². The topological polar surface area (TPSA) is 37.3 Å². The van der Waals surface area contributed by atoms with E-state index in [0.29, 0.717) is 0 Å². The zero-order valence-electron chi connectivity index (χ0n) is 4.50. The Kier molecular flexibility index (Phi) is 2.11. The van der Waals surface area contributed by atoms with Gasteiger partial charge in [-0.25, -0.2) is 0 Å². The molecule has 0 saturated heterocycles. The SMILES string of the molecule is O=C(O)C1C[CH]=[In][CH2]1. The predicted molar refractivity (Wildman–Crippen MR) is 32.4 cm³/mol. The zero-order chi connectivity index (χ0) is 5.98. The standard InChI is InChI=1S/C5H7O2.In/c1-3-4(2)5(6)7;/h1,4H,2-3H2,(H,6,7);. The average molecular weight is 214 g/mol. The van der Waals surface area contributed by atoms with Crippen LogP contribution in [0.2, 0.25) is 4.18 Å². The molecule has 1 unspecified atom stereocenters. The summed E-state index contributed by atoms with van der Waals surface area (Å²) in [4.78, 5) is 10.2. The molecule has 0 bridgehead atoms. The molecular weight excluding hydrogens is 207 g/mol. The van der Waals surface area contributed by atoms with Crippen molar-refractivity contribution in [3.63, 3.8) is 0 Å². The summed E-state index contributed by atoms with van der Waals surface area (Å²) >= 11 is -0.434. The molecule has 1 aliphatic heterocycles. The first-order valence-corrected chi connectivity index (χ1v) is 6.92. The molecule has 0 fully saturated rings. The summed E-state index contributed by atoms with van der Waals surface area (Å²) in [5, 5.41) is 8.42. The van der Waals surface area contributed by atoms with Crippen molar-refractivity contribution in [3.8, 4) is 0 Å². The van der Waals surface area contributed by atoms with Gasteiger partial charge in [-0.05, 0) is 0 Å². The first-order chi connectivity index (χ1) is 3.80. The first-order valence-electron chi connectivity index (χ1n) is 2.68. The van der Waals surface area contributed by atoms with Crippen LogP contribution in [0.4, 0.5) is 0 Å². The van der Waals surface area contributed by atoms with Crippen LogP contribution in [0, 0.1) is 5.92 Å². The fourth-order valence-corrected chi connectivity index (χ4v) is 4.92. The van der Waals surface area contributed by atoms with E-state index in [4.69, 9.17) is 5.11 Å². The zero-order valence-corrected chi connectivity index (χ0v) is 7.80. The first kappa shape index (κ1) is 6.33. The van der Waals surface area contributed by atoms with Crippen LogP contribution < -0.4 is 0 Å². The van der Waals surface area contributed by atoms with Gasteiger partial charge in [0.05, 0.1) is 0 Å². The third-order valence-corrected chi connectivity index (χ3v) is 5.49. The van der Waals surface area contributed by atoms with E-state index in [1.54, 1.807) is 0 Å². The third kappa shape index (κ3) is 1.34.